The van der Waals surface area contributed by atoms with Crippen LogP contribution >= 0.6 is 23.2 Å². The molecule has 2 rings (SSSR count). The third-order valence-electron chi connectivity index (χ3n) is 2.51. The molecule has 1 amide bonds. The summed E-state index contributed by atoms with van der Waals surface area (Å²) < 4.78 is 0. The van der Waals surface area contributed by atoms with Crippen molar-refractivity contribution in [3.8, 4) is 0 Å². The zero-order valence-electron chi connectivity index (χ0n) is 11.5. The summed E-state index contributed by atoms with van der Waals surface area (Å²) in [5.74, 6) is 0.204. The predicted molar refractivity (Wildman–Crippen MR) is 84.4 cm³/mol. The largest absolute Gasteiger partial charge is 0.349 e. The Balaban J connectivity index is 2.21. The van der Waals surface area contributed by atoms with Gasteiger partial charge in [0.2, 0.25) is 0 Å². The molecule has 0 aliphatic carbocycles. The van der Waals surface area contributed by atoms with Crippen LogP contribution in [0.25, 0.3) is 0 Å². The first-order valence-electron chi connectivity index (χ1n) is 6.30. The van der Waals surface area contributed by atoms with Gasteiger partial charge in [0.15, 0.2) is 0 Å². The molecular weight excluding hydrogens is 311 g/mol. The smallest absolute Gasteiger partial charge is 0.270 e. The van der Waals surface area contributed by atoms with Crippen LogP contribution in [0.15, 0.2) is 30.6 Å². The van der Waals surface area contributed by atoms with Crippen LogP contribution in [-0.2, 0) is 0 Å². The lowest BCUT2D eigenvalue weighted by Gasteiger charge is -2.10. The number of hydrogen-bond acceptors (Lipinski definition) is 4. The molecule has 0 unspecified atom stereocenters. The number of rotatable bonds is 4. The van der Waals surface area contributed by atoms with Crippen molar-refractivity contribution < 1.29 is 4.79 Å². The van der Waals surface area contributed by atoms with Gasteiger partial charge >= 0.3 is 0 Å². The van der Waals surface area contributed by atoms with Crippen LogP contribution in [0.1, 0.15) is 24.3 Å². The molecule has 110 valence electrons. The molecule has 1 aromatic carbocycles. The lowest BCUT2D eigenvalue weighted by atomic mass is 10.3. The molecule has 0 aliphatic heterocycles. The van der Waals surface area contributed by atoms with E-state index >= 15 is 0 Å². The zero-order valence-corrected chi connectivity index (χ0v) is 13.0. The molecule has 1 heterocycles. The molecule has 2 N–H and O–H groups in total. The van der Waals surface area contributed by atoms with Crippen LogP contribution in [0.3, 0.4) is 0 Å². The van der Waals surface area contributed by atoms with E-state index in [4.69, 9.17) is 23.2 Å². The van der Waals surface area contributed by atoms with E-state index in [1.165, 1.54) is 6.33 Å². The number of aromatic nitrogens is 2. The first-order valence-corrected chi connectivity index (χ1v) is 7.06. The Morgan fingerprint density at radius 2 is 1.95 bits per heavy atom. The van der Waals surface area contributed by atoms with Crippen LogP contribution in [-0.4, -0.2) is 21.9 Å². The van der Waals surface area contributed by atoms with E-state index in [0.29, 0.717) is 21.6 Å². The summed E-state index contributed by atoms with van der Waals surface area (Å²) in [4.78, 5) is 19.9. The number of carbonyl (C=O) groups is 1. The Kier molecular flexibility index (Phi) is 4.98. The van der Waals surface area contributed by atoms with Crippen LogP contribution < -0.4 is 10.6 Å². The van der Waals surface area contributed by atoms with Crippen molar-refractivity contribution >= 4 is 40.6 Å². The van der Waals surface area contributed by atoms with Gasteiger partial charge in [-0.1, -0.05) is 23.2 Å². The molecule has 0 saturated heterocycles. The maximum atomic E-state index is 11.9. The summed E-state index contributed by atoms with van der Waals surface area (Å²) in [6.07, 6.45) is 1.32. The molecule has 5 nitrogen and oxygen atoms in total. The quantitative estimate of drug-likeness (QED) is 0.900. The minimum absolute atomic E-state index is 0.0336. The molecule has 0 saturated carbocycles. The minimum Gasteiger partial charge on any atom is -0.349 e. The third kappa shape index (κ3) is 4.31. The topological polar surface area (TPSA) is 66.9 Å². The Labute approximate surface area is 132 Å². The molecule has 0 bridgehead atoms. The second-order valence-corrected chi connectivity index (χ2v) is 5.51. The fourth-order valence-electron chi connectivity index (χ4n) is 1.62. The van der Waals surface area contributed by atoms with Gasteiger partial charge in [-0.2, -0.15) is 0 Å². The van der Waals surface area contributed by atoms with E-state index in [2.05, 4.69) is 20.6 Å². The molecule has 0 atom stereocenters. The molecule has 1 aromatic heterocycles. The Hall–Kier alpha value is -1.85. The van der Waals surface area contributed by atoms with Gasteiger partial charge < -0.3 is 10.6 Å². The van der Waals surface area contributed by atoms with E-state index in [9.17, 15) is 4.79 Å². The summed E-state index contributed by atoms with van der Waals surface area (Å²) in [5.41, 5.74) is 0.887. The monoisotopic (exact) mass is 324 g/mol. The highest BCUT2D eigenvalue weighted by atomic mass is 35.5. The highest BCUT2D eigenvalue weighted by Gasteiger charge is 2.10. The maximum Gasteiger partial charge on any atom is 0.270 e. The number of nitrogens with one attached hydrogen (secondary N) is 2. The molecule has 0 radical (unpaired) electrons. The lowest BCUT2D eigenvalue weighted by Crippen LogP contribution is -2.30. The van der Waals surface area contributed by atoms with Gasteiger partial charge in [0.05, 0.1) is 10.7 Å². The summed E-state index contributed by atoms with van der Waals surface area (Å²) in [5, 5.41) is 6.84. The first-order chi connectivity index (χ1) is 9.95. The van der Waals surface area contributed by atoms with Gasteiger partial charge in [-0.05, 0) is 32.0 Å². The summed E-state index contributed by atoms with van der Waals surface area (Å²) in [6, 6.07) is 6.64. The molecule has 0 fully saturated rings. The summed E-state index contributed by atoms with van der Waals surface area (Å²) in [7, 11) is 0. The number of halogens is 2. The maximum absolute atomic E-state index is 11.9. The Bertz CT molecular complexity index is 661. The second kappa shape index (κ2) is 6.74. The average Bonchev–Trinajstić information content (AvgIpc) is 2.42. The molecule has 0 spiro atoms. The van der Waals surface area contributed by atoms with Crippen molar-refractivity contribution in [1.29, 1.82) is 0 Å². The zero-order chi connectivity index (χ0) is 15.4. The van der Waals surface area contributed by atoms with Gasteiger partial charge in [0, 0.05) is 17.1 Å². The van der Waals surface area contributed by atoms with E-state index in [1.54, 1.807) is 24.3 Å². The normalized spacial score (nSPS) is 10.5. The third-order valence-corrected chi connectivity index (χ3v) is 3.08. The van der Waals surface area contributed by atoms with Gasteiger partial charge in [-0.25, -0.2) is 9.97 Å². The van der Waals surface area contributed by atoms with Gasteiger partial charge in [-0.3, -0.25) is 4.79 Å². The average molecular weight is 325 g/mol. The summed E-state index contributed by atoms with van der Waals surface area (Å²) >= 11 is 12.0. The van der Waals surface area contributed by atoms with E-state index in [0.717, 1.165) is 0 Å². The number of carbonyl (C=O) groups excluding carboxylic acids is 1. The van der Waals surface area contributed by atoms with Crippen LogP contribution in [0, 0.1) is 0 Å². The first kappa shape index (κ1) is 15.5. The Morgan fingerprint density at radius 1 is 1.19 bits per heavy atom. The molecule has 0 aliphatic rings. The van der Waals surface area contributed by atoms with Crippen molar-refractivity contribution in [2.75, 3.05) is 5.32 Å². The SMILES string of the molecule is CC(C)NC(=O)c1cc(Nc2cc(Cl)ccc2Cl)ncn1. The van der Waals surface area contributed by atoms with Gasteiger partial charge in [-0.15, -0.1) is 0 Å². The van der Waals surface area contributed by atoms with Gasteiger partial charge in [0.25, 0.3) is 5.91 Å². The van der Waals surface area contributed by atoms with E-state index in [-0.39, 0.29) is 17.6 Å². The number of anilines is 2. The molecule has 21 heavy (non-hydrogen) atoms. The second-order valence-electron chi connectivity index (χ2n) is 4.67. The number of nitrogens with zero attached hydrogens (tertiary/aromatic N) is 2. The minimum atomic E-state index is -0.257. The van der Waals surface area contributed by atoms with Crippen molar-refractivity contribution in [3.63, 3.8) is 0 Å². The van der Waals surface area contributed by atoms with Crippen molar-refractivity contribution in [2.45, 2.75) is 19.9 Å². The predicted octanol–water partition coefficient (Wildman–Crippen LogP) is 3.67. The Morgan fingerprint density at radius 3 is 2.67 bits per heavy atom. The number of benzene rings is 1. The van der Waals surface area contributed by atoms with Crippen LogP contribution in [0.2, 0.25) is 10.0 Å². The number of amides is 1. The number of hydrogen-bond donors (Lipinski definition) is 2. The van der Waals surface area contributed by atoms with E-state index < -0.39 is 0 Å². The van der Waals surface area contributed by atoms with Crippen LogP contribution in [0.4, 0.5) is 11.5 Å². The fourth-order valence-corrected chi connectivity index (χ4v) is 1.95. The summed E-state index contributed by atoms with van der Waals surface area (Å²) in [6.45, 7) is 3.76. The van der Waals surface area contributed by atoms with Crippen LogP contribution in [0.5, 0.6) is 0 Å². The van der Waals surface area contributed by atoms with E-state index in [1.807, 2.05) is 13.8 Å². The van der Waals surface area contributed by atoms with Crippen molar-refractivity contribution in [1.82, 2.24) is 15.3 Å². The molecule has 7 heteroatoms. The highest BCUT2D eigenvalue weighted by Crippen LogP contribution is 2.27. The highest BCUT2D eigenvalue weighted by molar-refractivity contribution is 6.35. The van der Waals surface area contributed by atoms with Crippen molar-refractivity contribution in [3.05, 3.63) is 46.3 Å². The molecular formula is C14H14Cl2N4O. The van der Waals surface area contributed by atoms with Gasteiger partial charge in [0.1, 0.15) is 17.8 Å². The molecule has 2 aromatic rings. The lowest BCUT2D eigenvalue weighted by molar-refractivity contribution is 0.0938. The fraction of sp³-hybridized carbons (Fsp3) is 0.214. The standard InChI is InChI=1S/C14H14Cl2N4O/c1-8(2)19-14(21)12-6-13(18-7-17-12)20-11-5-9(15)3-4-10(11)16/h3-8H,1-2H3,(H,19,21)(H,17,18,20). The van der Waals surface area contributed by atoms with Crippen molar-refractivity contribution in [2.24, 2.45) is 0 Å².